The Bertz CT molecular complexity index is 468. The maximum Gasteiger partial charge on any atom is 0.222 e. The molecule has 0 aliphatic heterocycles. The molecule has 22 heavy (non-hydrogen) atoms. The summed E-state index contributed by atoms with van der Waals surface area (Å²) in [7, 11) is 0. The first kappa shape index (κ1) is 18.6. The molecule has 0 bridgehead atoms. The average Bonchev–Trinajstić information content (AvgIpc) is 2.47. The van der Waals surface area contributed by atoms with E-state index in [1.165, 1.54) is 12.1 Å². The first-order valence-corrected chi connectivity index (χ1v) is 7.89. The zero-order valence-electron chi connectivity index (χ0n) is 13.4. The van der Waals surface area contributed by atoms with Crippen molar-refractivity contribution in [2.24, 2.45) is 11.7 Å². The van der Waals surface area contributed by atoms with Crippen LogP contribution in [0.1, 0.15) is 38.7 Å². The number of halogens is 1. The number of aliphatic hydroxyl groups is 1. The van der Waals surface area contributed by atoms with Gasteiger partial charge in [0.25, 0.3) is 0 Å². The lowest BCUT2D eigenvalue weighted by molar-refractivity contribution is -0.125. The molecule has 5 heteroatoms. The summed E-state index contributed by atoms with van der Waals surface area (Å²) in [5, 5.41) is 13.0. The van der Waals surface area contributed by atoms with E-state index >= 15 is 0 Å². The van der Waals surface area contributed by atoms with Crippen LogP contribution in [-0.4, -0.2) is 29.7 Å². The summed E-state index contributed by atoms with van der Waals surface area (Å²) in [6.07, 6.45) is 1.85. The van der Waals surface area contributed by atoms with Crippen LogP contribution in [0.3, 0.4) is 0 Å². The second-order valence-corrected chi connectivity index (χ2v) is 5.85. The van der Waals surface area contributed by atoms with Gasteiger partial charge in [-0.2, -0.15) is 0 Å². The number of nitrogens with two attached hydrogens (primary N) is 1. The summed E-state index contributed by atoms with van der Waals surface area (Å²) in [6, 6.07) is 5.65. The number of rotatable bonds is 9. The molecule has 3 unspecified atom stereocenters. The predicted molar refractivity (Wildman–Crippen MR) is 85.8 cm³/mol. The van der Waals surface area contributed by atoms with Gasteiger partial charge in [-0.25, -0.2) is 4.39 Å². The number of benzene rings is 1. The lowest BCUT2D eigenvalue weighted by Gasteiger charge is -2.22. The van der Waals surface area contributed by atoms with Crippen molar-refractivity contribution in [2.45, 2.75) is 51.7 Å². The van der Waals surface area contributed by atoms with Crippen LogP contribution < -0.4 is 11.1 Å². The van der Waals surface area contributed by atoms with Crippen molar-refractivity contribution in [3.8, 4) is 0 Å². The van der Waals surface area contributed by atoms with Crippen LogP contribution in [-0.2, 0) is 11.2 Å². The third-order valence-electron chi connectivity index (χ3n) is 3.73. The van der Waals surface area contributed by atoms with Crippen molar-refractivity contribution in [3.05, 3.63) is 35.6 Å². The van der Waals surface area contributed by atoms with Crippen LogP contribution in [0, 0.1) is 11.7 Å². The number of nitrogens with one attached hydrogen (secondary N) is 1. The van der Waals surface area contributed by atoms with E-state index in [0.29, 0.717) is 19.4 Å². The highest BCUT2D eigenvalue weighted by Crippen LogP contribution is 2.13. The fourth-order valence-corrected chi connectivity index (χ4v) is 2.28. The number of carbonyl (C=O) groups excluding carboxylic acids is 1. The Hall–Kier alpha value is -1.46. The maximum atomic E-state index is 13.1. The van der Waals surface area contributed by atoms with Gasteiger partial charge in [0.15, 0.2) is 0 Å². The standard InChI is InChI=1S/C17H27FN2O2/c1-3-4-8-20-17(22)12(2)9-16(21)15(19)11-13-6-5-7-14(18)10-13/h5-7,10,12,15-16,21H,3-4,8-9,11,19H2,1-2H3,(H,20,22). The first-order valence-electron chi connectivity index (χ1n) is 7.89. The number of aliphatic hydroxyl groups excluding tert-OH is 1. The number of hydrogen-bond donors (Lipinski definition) is 3. The fraction of sp³-hybridized carbons (Fsp3) is 0.588. The Kier molecular flexibility index (Phi) is 8.06. The summed E-state index contributed by atoms with van der Waals surface area (Å²) in [4.78, 5) is 11.9. The molecule has 4 N–H and O–H groups in total. The van der Waals surface area contributed by atoms with Crippen molar-refractivity contribution in [1.29, 1.82) is 0 Å². The van der Waals surface area contributed by atoms with Crippen molar-refractivity contribution < 1.29 is 14.3 Å². The van der Waals surface area contributed by atoms with E-state index in [-0.39, 0.29) is 17.6 Å². The third kappa shape index (κ3) is 6.54. The molecule has 0 radical (unpaired) electrons. The Balaban J connectivity index is 2.42. The van der Waals surface area contributed by atoms with Gasteiger partial charge in [-0.05, 0) is 37.0 Å². The molecule has 1 rings (SSSR count). The van der Waals surface area contributed by atoms with Gasteiger partial charge in [0.05, 0.1) is 6.10 Å². The molecule has 124 valence electrons. The molecule has 1 amide bonds. The second kappa shape index (κ2) is 9.54. The molecule has 0 spiro atoms. The summed E-state index contributed by atoms with van der Waals surface area (Å²) in [6.45, 7) is 4.50. The highest BCUT2D eigenvalue weighted by Gasteiger charge is 2.22. The van der Waals surface area contributed by atoms with Gasteiger partial charge in [-0.15, -0.1) is 0 Å². The van der Waals surface area contributed by atoms with E-state index in [1.54, 1.807) is 19.1 Å². The molecule has 0 aliphatic rings. The fourth-order valence-electron chi connectivity index (χ4n) is 2.28. The van der Waals surface area contributed by atoms with Gasteiger partial charge >= 0.3 is 0 Å². The minimum absolute atomic E-state index is 0.0644. The van der Waals surface area contributed by atoms with Crippen molar-refractivity contribution in [2.75, 3.05) is 6.54 Å². The third-order valence-corrected chi connectivity index (χ3v) is 3.73. The molecule has 0 fully saturated rings. The van der Waals surface area contributed by atoms with Gasteiger partial charge in [0.1, 0.15) is 5.82 Å². The van der Waals surface area contributed by atoms with Crippen LogP contribution >= 0.6 is 0 Å². The van der Waals surface area contributed by atoms with E-state index in [9.17, 15) is 14.3 Å². The predicted octanol–water partition coefficient (Wildman–Crippen LogP) is 2.00. The highest BCUT2D eigenvalue weighted by atomic mass is 19.1. The number of unbranched alkanes of at least 4 members (excludes halogenated alkanes) is 1. The largest absolute Gasteiger partial charge is 0.391 e. The monoisotopic (exact) mass is 310 g/mol. The molecule has 1 aromatic rings. The average molecular weight is 310 g/mol. The van der Waals surface area contributed by atoms with Crippen molar-refractivity contribution >= 4 is 5.91 Å². The Morgan fingerprint density at radius 2 is 2.18 bits per heavy atom. The van der Waals surface area contributed by atoms with Crippen LogP contribution in [0.15, 0.2) is 24.3 Å². The Morgan fingerprint density at radius 3 is 2.82 bits per heavy atom. The van der Waals surface area contributed by atoms with E-state index in [4.69, 9.17) is 5.73 Å². The molecule has 0 heterocycles. The van der Waals surface area contributed by atoms with E-state index in [1.807, 2.05) is 0 Å². The lowest BCUT2D eigenvalue weighted by Crippen LogP contribution is -2.40. The summed E-state index contributed by atoms with van der Waals surface area (Å²) >= 11 is 0. The van der Waals surface area contributed by atoms with Gasteiger partial charge in [-0.1, -0.05) is 32.4 Å². The number of hydrogen-bond acceptors (Lipinski definition) is 3. The molecule has 0 aromatic heterocycles. The van der Waals surface area contributed by atoms with Crippen molar-refractivity contribution in [3.63, 3.8) is 0 Å². The van der Waals surface area contributed by atoms with Gasteiger partial charge in [0, 0.05) is 18.5 Å². The van der Waals surface area contributed by atoms with Crippen LogP contribution in [0.2, 0.25) is 0 Å². The topological polar surface area (TPSA) is 75.3 Å². The molecule has 1 aromatic carbocycles. The number of carbonyl (C=O) groups is 1. The Labute approximate surface area is 131 Å². The van der Waals surface area contributed by atoms with Gasteiger partial charge in [-0.3, -0.25) is 4.79 Å². The summed E-state index contributed by atoms with van der Waals surface area (Å²) < 4.78 is 13.1. The smallest absolute Gasteiger partial charge is 0.222 e. The summed E-state index contributed by atoms with van der Waals surface area (Å²) in [5.74, 6) is -0.682. The first-order chi connectivity index (χ1) is 10.4. The second-order valence-electron chi connectivity index (χ2n) is 5.85. The maximum absolute atomic E-state index is 13.1. The van der Waals surface area contributed by atoms with Gasteiger partial charge in [0.2, 0.25) is 5.91 Å². The minimum atomic E-state index is -0.796. The molecular weight excluding hydrogens is 283 g/mol. The van der Waals surface area contributed by atoms with Crippen LogP contribution in [0.5, 0.6) is 0 Å². The van der Waals surface area contributed by atoms with Gasteiger partial charge < -0.3 is 16.2 Å². The zero-order valence-corrected chi connectivity index (χ0v) is 13.4. The molecular formula is C17H27FN2O2. The molecule has 0 saturated heterocycles. The van der Waals surface area contributed by atoms with Crippen LogP contribution in [0.25, 0.3) is 0 Å². The molecule has 0 aliphatic carbocycles. The van der Waals surface area contributed by atoms with Crippen molar-refractivity contribution in [1.82, 2.24) is 5.32 Å². The van der Waals surface area contributed by atoms with E-state index in [0.717, 1.165) is 18.4 Å². The SMILES string of the molecule is CCCCNC(=O)C(C)CC(O)C(N)Cc1cccc(F)c1. The van der Waals surface area contributed by atoms with E-state index < -0.39 is 12.1 Å². The zero-order chi connectivity index (χ0) is 16.5. The lowest BCUT2D eigenvalue weighted by atomic mass is 9.94. The van der Waals surface area contributed by atoms with Crippen LogP contribution in [0.4, 0.5) is 4.39 Å². The summed E-state index contributed by atoms with van der Waals surface area (Å²) in [5.41, 5.74) is 6.71. The minimum Gasteiger partial charge on any atom is -0.391 e. The Morgan fingerprint density at radius 1 is 1.45 bits per heavy atom. The quantitative estimate of drug-likeness (QED) is 0.611. The van der Waals surface area contributed by atoms with E-state index in [2.05, 4.69) is 12.2 Å². The normalized spacial score (nSPS) is 15.1. The molecule has 4 nitrogen and oxygen atoms in total. The number of amides is 1. The highest BCUT2D eigenvalue weighted by molar-refractivity contribution is 5.78. The molecule has 0 saturated carbocycles. The molecule has 3 atom stereocenters.